The van der Waals surface area contributed by atoms with Crippen LogP contribution in [0.4, 0.5) is 5.69 Å². The van der Waals surface area contributed by atoms with E-state index in [9.17, 15) is 9.59 Å². The smallest absolute Gasteiger partial charge is 0.325 e. The van der Waals surface area contributed by atoms with Crippen molar-refractivity contribution in [3.05, 3.63) is 38.7 Å². The summed E-state index contributed by atoms with van der Waals surface area (Å²) < 4.78 is 2.58. The molecular weight excluding hydrogens is 380 g/mol. The largest absolute Gasteiger partial charge is 0.343 e. The van der Waals surface area contributed by atoms with Crippen molar-refractivity contribution in [2.75, 3.05) is 11.1 Å². The topological polar surface area (TPSA) is 79.8 Å². The van der Waals surface area contributed by atoms with Crippen LogP contribution in [0.5, 0.6) is 0 Å². The highest BCUT2D eigenvalue weighted by molar-refractivity contribution is 9.10. The number of aromatic nitrogens is 3. The summed E-state index contributed by atoms with van der Waals surface area (Å²) in [4.78, 5) is 23.7. The quantitative estimate of drug-likeness (QED) is 0.701. The van der Waals surface area contributed by atoms with Crippen LogP contribution < -0.4 is 11.0 Å². The first-order valence-corrected chi connectivity index (χ1v) is 9.13. The summed E-state index contributed by atoms with van der Waals surface area (Å²) >= 11 is 4.68. The van der Waals surface area contributed by atoms with Gasteiger partial charge in [0.2, 0.25) is 5.91 Å². The van der Waals surface area contributed by atoms with Crippen LogP contribution in [-0.2, 0) is 11.3 Å². The van der Waals surface area contributed by atoms with Crippen molar-refractivity contribution >= 4 is 39.3 Å². The molecule has 1 heterocycles. The number of hydrogen-bond acceptors (Lipinski definition) is 4. The predicted molar refractivity (Wildman–Crippen MR) is 96.0 cm³/mol. The van der Waals surface area contributed by atoms with E-state index in [1.54, 1.807) is 4.57 Å². The molecule has 0 saturated heterocycles. The van der Waals surface area contributed by atoms with Crippen molar-refractivity contribution in [2.45, 2.75) is 38.4 Å². The fraction of sp³-hybridized carbons (Fsp3) is 0.400. The lowest BCUT2D eigenvalue weighted by Crippen LogP contribution is -2.19. The van der Waals surface area contributed by atoms with Crippen molar-refractivity contribution in [3.63, 3.8) is 0 Å². The molecule has 0 saturated carbocycles. The number of aromatic amines is 1. The van der Waals surface area contributed by atoms with E-state index in [1.165, 1.54) is 11.8 Å². The van der Waals surface area contributed by atoms with Crippen LogP contribution in [0.2, 0.25) is 0 Å². The van der Waals surface area contributed by atoms with Crippen molar-refractivity contribution in [3.8, 4) is 0 Å². The number of H-pyrrole nitrogens is 1. The van der Waals surface area contributed by atoms with Gasteiger partial charge in [0.15, 0.2) is 5.16 Å². The molecule has 2 rings (SSSR count). The van der Waals surface area contributed by atoms with Crippen LogP contribution >= 0.6 is 27.7 Å². The fourth-order valence-corrected chi connectivity index (χ4v) is 3.00. The van der Waals surface area contributed by atoms with Gasteiger partial charge in [-0.1, -0.05) is 41.0 Å². The van der Waals surface area contributed by atoms with Crippen LogP contribution in [0.1, 0.15) is 25.3 Å². The number of amides is 1. The highest BCUT2D eigenvalue weighted by Crippen LogP contribution is 2.20. The first kappa shape index (κ1) is 17.8. The molecule has 0 atom stereocenters. The Labute approximate surface area is 147 Å². The summed E-state index contributed by atoms with van der Waals surface area (Å²) in [5.41, 5.74) is 1.57. The number of nitrogens with one attached hydrogen (secondary N) is 2. The molecule has 0 bridgehead atoms. The molecule has 1 aromatic heterocycles. The van der Waals surface area contributed by atoms with Gasteiger partial charge in [-0.3, -0.25) is 9.36 Å². The Balaban J connectivity index is 1.94. The number of hydrogen-bond donors (Lipinski definition) is 2. The highest BCUT2D eigenvalue weighted by Gasteiger charge is 2.11. The Hall–Kier alpha value is -1.54. The third kappa shape index (κ3) is 4.97. The zero-order chi connectivity index (χ0) is 16.8. The Morgan fingerprint density at radius 2 is 2.26 bits per heavy atom. The molecule has 0 fully saturated rings. The second kappa shape index (κ2) is 8.35. The number of thioether (sulfide) groups is 1. The van der Waals surface area contributed by atoms with Gasteiger partial charge in [0.25, 0.3) is 0 Å². The highest BCUT2D eigenvalue weighted by atomic mass is 79.9. The zero-order valence-electron chi connectivity index (χ0n) is 13.1. The number of nitrogens with zero attached hydrogens (tertiary/aromatic N) is 2. The molecule has 0 aliphatic heterocycles. The standard InChI is InChI=1S/C15H19BrN4O2S/c1-3-4-7-20-14(22)18-19-15(20)23-9-13(21)17-11-5-6-12(16)10(2)8-11/h5-6,8H,3-4,7,9H2,1-2H3,(H,17,21)(H,18,22). The lowest BCUT2D eigenvalue weighted by molar-refractivity contribution is -0.113. The Bertz CT molecular complexity index is 741. The molecule has 2 aromatic rings. The number of unbranched alkanes of at least 4 members (excludes halogenated alkanes) is 1. The van der Waals surface area contributed by atoms with Gasteiger partial charge < -0.3 is 5.32 Å². The minimum absolute atomic E-state index is 0.130. The number of rotatable bonds is 7. The first-order chi connectivity index (χ1) is 11.0. The number of carbonyl (C=O) groups is 1. The maximum atomic E-state index is 12.0. The summed E-state index contributed by atoms with van der Waals surface area (Å²) in [5, 5.41) is 9.80. The van der Waals surface area contributed by atoms with E-state index in [-0.39, 0.29) is 17.3 Å². The number of carbonyl (C=O) groups excluding carboxylic acids is 1. The Kier molecular flexibility index (Phi) is 6.47. The fourth-order valence-electron chi connectivity index (χ4n) is 1.98. The minimum Gasteiger partial charge on any atom is -0.325 e. The van der Waals surface area contributed by atoms with E-state index in [0.29, 0.717) is 11.7 Å². The molecule has 8 heteroatoms. The van der Waals surface area contributed by atoms with Crippen LogP contribution in [0.15, 0.2) is 32.6 Å². The number of halogens is 1. The molecule has 23 heavy (non-hydrogen) atoms. The van der Waals surface area contributed by atoms with Crippen LogP contribution in [-0.4, -0.2) is 26.4 Å². The van der Waals surface area contributed by atoms with E-state index in [4.69, 9.17) is 0 Å². The van der Waals surface area contributed by atoms with Gasteiger partial charge in [0.05, 0.1) is 5.75 Å². The normalized spacial score (nSPS) is 10.7. The number of anilines is 1. The average molecular weight is 399 g/mol. The summed E-state index contributed by atoms with van der Waals surface area (Å²) in [6.45, 7) is 4.64. The van der Waals surface area contributed by atoms with Crippen molar-refractivity contribution in [2.24, 2.45) is 0 Å². The molecule has 1 aromatic carbocycles. The first-order valence-electron chi connectivity index (χ1n) is 7.35. The predicted octanol–water partition coefficient (Wildman–Crippen LogP) is 3.17. The van der Waals surface area contributed by atoms with Gasteiger partial charge in [0.1, 0.15) is 0 Å². The third-order valence-electron chi connectivity index (χ3n) is 3.23. The molecule has 2 N–H and O–H groups in total. The molecule has 124 valence electrons. The van der Waals surface area contributed by atoms with E-state index < -0.39 is 0 Å². The molecule has 0 spiro atoms. The van der Waals surface area contributed by atoms with Gasteiger partial charge in [-0.05, 0) is 37.1 Å². The molecule has 0 aliphatic carbocycles. The lowest BCUT2D eigenvalue weighted by atomic mass is 10.2. The van der Waals surface area contributed by atoms with E-state index in [1.807, 2.05) is 25.1 Å². The third-order valence-corrected chi connectivity index (χ3v) is 5.10. The average Bonchev–Trinajstić information content (AvgIpc) is 2.87. The van der Waals surface area contributed by atoms with Crippen LogP contribution in [0.25, 0.3) is 0 Å². The maximum Gasteiger partial charge on any atom is 0.343 e. The van der Waals surface area contributed by atoms with E-state index >= 15 is 0 Å². The molecule has 0 radical (unpaired) electrons. The molecule has 0 unspecified atom stereocenters. The minimum atomic E-state index is -0.232. The van der Waals surface area contributed by atoms with Crippen molar-refractivity contribution in [1.82, 2.24) is 14.8 Å². The van der Waals surface area contributed by atoms with E-state index in [2.05, 4.69) is 38.4 Å². The monoisotopic (exact) mass is 398 g/mol. The summed E-state index contributed by atoms with van der Waals surface area (Å²) in [6, 6.07) is 5.64. The lowest BCUT2D eigenvalue weighted by Gasteiger charge is -2.07. The molecule has 1 amide bonds. The second-order valence-corrected chi connectivity index (χ2v) is 6.91. The second-order valence-electron chi connectivity index (χ2n) is 5.12. The van der Waals surface area contributed by atoms with Crippen LogP contribution in [0.3, 0.4) is 0 Å². The summed E-state index contributed by atoms with van der Waals surface area (Å²) in [6.07, 6.45) is 1.89. The van der Waals surface area contributed by atoms with Gasteiger partial charge >= 0.3 is 5.69 Å². The maximum absolute atomic E-state index is 12.0. The van der Waals surface area contributed by atoms with Crippen molar-refractivity contribution < 1.29 is 4.79 Å². The summed E-state index contributed by atoms with van der Waals surface area (Å²) in [7, 11) is 0. The Morgan fingerprint density at radius 1 is 1.48 bits per heavy atom. The zero-order valence-corrected chi connectivity index (χ0v) is 15.5. The van der Waals surface area contributed by atoms with E-state index in [0.717, 1.165) is 28.6 Å². The SMILES string of the molecule is CCCCn1c(SCC(=O)Nc2ccc(Br)c(C)c2)n[nH]c1=O. The number of aryl methyl sites for hydroxylation is 1. The Morgan fingerprint density at radius 3 is 2.96 bits per heavy atom. The van der Waals surface area contributed by atoms with Gasteiger partial charge in [-0.25, -0.2) is 9.89 Å². The summed E-state index contributed by atoms with van der Waals surface area (Å²) in [5.74, 6) is 0.0696. The van der Waals surface area contributed by atoms with Crippen LogP contribution in [0, 0.1) is 6.92 Å². The van der Waals surface area contributed by atoms with Crippen molar-refractivity contribution in [1.29, 1.82) is 0 Å². The molecule has 6 nitrogen and oxygen atoms in total. The van der Waals surface area contributed by atoms with Gasteiger partial charge in [-0.15, -0.1) is 5.10 Å². The number of benzene rings is 1. The van der Waals surface area contributed by atoms with Gasteiger partial charge in [0, 0.05) is 16.7 Å². The molecule has 0 aliphatic rings. The van der Waals surface area contributed by atoms with Gasteiger partial charge in [-0.2, -0.15) is 0 Å². The molecular formula is C15H19BrN4O2S.